The Labute approximate surface area is 106 Å². The van der Waals surface area contributed by atoms with Crippen LogP contribution in [-0.2, 0) is 7.05 Å². The molecule has 3 rings (SSSR count). The molecule has 0 bridgehead atoms. The van der Waals surface area contributed by atoms with Gasteiger partial charge < -0.3 is 5.32 Å². The lowest BCUT2D eigenvalue weighted by atomic mass is 10.1. The molecule has 2 aromatic carbocycles. The van der Waals surface area contributed by atoms with Crippen molar-refractivity contribution in [3.05, 3.63) is 48.5 Å². The van der Waals surface area contributed by atoms with E-state index < -0.39 is 0 Å². The molecule has 0 aliphatic rings. The lowest BCUT2D eigenvalue weighted by Crippen LogP contribution is -1.95. The van der Waals surface area contributed by atoms with Crippen LogP contribution in [0.25, 0.3) is 22.0 Å². The molecule has 0 atom stereocenters. The number of hydrogen-bond donors (Lipinski definition) is 1. The van der Waals surface area contributed by atoms with Crippen molar-refractivity contribution in [1.29, 1.82) is 0 Å². The molecule has 0 saturated carbocycles. The van der Waals surface area contributed by atoms with Gasteiger partial charge in [-0.25, -0.2) is 0 Å². The summed E-state index contributed by atoms with van der Waals surface area (Å²) in [5, 5.41) is 9.97. The zero-order valence-electron chi connectivity index (χ0n) is 10.5. The lowest BCUT2D eigenvalue weighted by Gasteiger charge is -2.03. The van der Waals surface area contributed by atoms with Crippen molar-refractivity contribution < 1.29 is 0 Å². The van der Waals surface area contributed by atoms with Gasteiger partial charge in [-0.05, 0) is 16.8 Å². The van der Waals surface area contributed by atoms with Crippen LogP contribution < -0.4 is 5.32 Å². The lowest BCUT2D eigenvalue weighted by molar-refractivity contribution is 0.779. The van der Waals surface area contributed by atoms with Crippen LogP contribution in [0.3, 0.4) is 0 Å². The smallest absolute Gasteiger partial charge is 0.148 e. The largest absolute Gasteiger partial charge is 0.372 e. The van der Waals surface area contributed by atoms with Crippen LogP contribution in [-0.4, -0.2) is 16.8 Å². The third-order valence-electron chi connectivity index (χ3n) is 3.18. The van der Waals surface area contributed by atoms with E-state index in [4.69, 9.17) is 0 Å². The summed E-state index contributed by atoms with van der Waals surface area (Å²) in [5.41, 5.74) is 2.30. The molecular formula is C15H15N3. The molecule has 1 N–H and O–H groups in total. The molecule has 0 spiro atoms. The number of fused-ring (bicyclic) bond motifs is 1. The molecular weight excluding hydrogens is 222 g/mol. The maximum Gasteiger partial charge on any atom is 0.148 e. The summed E-state index contributed by atoms with van der Waals surface area (Å²) < 4.78 is 1.90. The van der Waals surface area contributed by atoms with Crippen molar-refractivity contribution >= 4 is 16.6 Å². The molecule has 0 saturated heterocycles. The number of aryl methyl sites for hydroxylation is 1. The monoisotopic (exact) mass is 237 g/mol. The topological polar surface area (TPSA) is 29.9 Å². The number of nitrogens with zero attached hydrogens (tertiary/aromatic N) is 2. The molecule has 3 heteroatoms. The highest BCUT2D eigenvalue weighted by Crippen LogP contribution is 2.25. The average Bonchev–Trinajstić information content (AvgIpc) is 2.79. The third kappa shape index (κ3) is 1.74. The number of aromatic nitrogens is 2. The van der Waals surface area contributed by atoms with E-state index in [1.54, 1.807) is 0 Å². The Balaban J connectivity index is 2.15. The number of benzene rings is 2. The highest BCUT2D eigenvalue weighted by atomic mass is 15.3. The van der Waals surface area contributed by atoms with E-state index in [-0.39, 0.29) is 0 Å². The van der Waals surface area contributed by atoms with E-state index in [0.717, 1.165) is 11.5 Å². The molecule has 0 aliphatic heterocycles. The van der Waals surface area contributed by atoms with Gasteiger partial charge in [0.15, 0.2) is 0 Å². The van der Waals surface area contributed by atoms with Crippen LogP contribution in [0.1, 0.15) is 0 Å². The van der Waals surface area contributed by atoms with Gasteiger partial charge in [0.05, 0.1) is 5.69 Å². The van der Waals surface area contributed by atoms with Gasteiger partial charge in [0.1, 0.15) is 5.82 Å². The minimum Gasteiger partial charge on any atom is -0.372 e. The first-order chi connectivity index (χ1) is 8.78. The van der Waals surface area contributed by atoms with Gasteiger partial charge in [0, 0.05) is 25.7 Å². The molecule has 0 unspecified atom stereocenters. The van der Waals surface area contributed by atoms with E-state index in [2.05, 4.69) is 58.9 Å². The van der Waals surface area contributed by atoms with Gasteiger partial charge in [-0.3, -0.25) is 4.68 Å². The number of nitrogens with one attached hydrogen (secondary N) is 1. The quantitative estimate of drug-likeness (QED) is 0.741. The van der Waals surface area contributed by atoms with Gasteiger partial charge in [-0.1, -0.05) is 36.4 Å². The fourth-order valence-electron chi connectivity index (χ4n) is 2.21. The molecule has 0 radical (unpaired) electrons. The number of rotatable bonds is 2. The maximum atomic E-state index is 4.39. The Morgan fingerprint density at radius 3 is 2.50 bits per heavy atom. The van der Waals surface area contributed by atoms with Gasteiger partial charge >= 0.3 is 0 Å². The molecule has 1 heterocycles. The number of anilines is 1. The van der Waals surface area contributed by atoms with Crippen molar-refractivity contribution in [3.8, 4) is 11.3 Å². The summed E-state index contributed by atoms with van der Waals surface area (Å²) in [6.45, 7) is 0. The zero-order valence-corrected chi connectivity index (χ0v) is 10.5. The standard InChI is InChI=1S/C15H15N3/c1-16-15-10-14(18(2)17-15)13-8-7-11-5-3-4-6-12(11)9-13/h3-10H,1-2H3,(H,16,17). The maximum absolute atomic E-state index is 4.39. The Morgan fingerprint density at radius 2 is 1.78 bits per heavy atom. The minimum absolute atomic E-state index is 0.889. The summed E-state index contributed by atoms with van der Waals surface area (Å²) in [6, 6.07) is 16.9. The first-order valence-corrected chi connectivity index (χ1v) is 5.99. The molecule has 90 valence electrons. The fourth-order valence-corrected chi connectivity index (χ4v) is 2.21. The highest BCUT2D eigenvalue weighted by Gasteiger charge is 2.06. The fraction of sp³-hybridized carbons (Fsp3) is 0.133. The Kier molecular flexibility index (Phi) is 2.52. The van der Waals surface area contributed by atoms with Crippen LogP contribution in [0.4, 0.5) is 5.82 Å². The van der Waals surface area contributed by atoms with Crippen molar-refractivity contribution in [1.82, 2.24) is 9.78 Å². The van der Waals surface area contributed by atoms with Crippen LogP contribution in [0, 0.1) is 0 Å². The van der Waals surface area contributed by atoms with E-state index in [1.807, 2.05) is 18.8 Å². The first-order valence-electron chi connectivity index (χ1n) is 5.99. The van der Waals surface area contributed by atoms with Crippen LogP contribution in [0.15, 0.2) is 48.5 Å². The molecule has 3 aromatic rings. The van der Waals surface area contributed by atoms with Crippen molar-refractivity contribution in [2.45, 2.75) is 0 Å². The van der Waals surface area contributed by atoms with Crippen molar-refractivity contribution in [2.75, 3.05) is 12.4 Å². The second-order valence-corrected chi connectivity index (χ2v) is 4.35. The zero-order chi connectivity index (χ0) is 12.5. The molecule has 0 fully saturated rings. The van der Waals surface area contributed by atoms with Crippen molar-refractivity contribution in [3.63, 3.8) is 0 Å². The Bertz CT molecular complexity index is 698. The van der Waals surface area contributed by atoms with Gasteiger partial charge in [-0.15, -0.1) is 0 Å². The first kappa shape index (κ1) is 10.8. The summed E-state index contributed by atoms with van der Waals surface area (Å²) in [4.78, 5) is 0. The molecule has 18 heavy (non-hydrogen) atoms. The van der Waals surface area contributed by atoms with E-state index in [9.17, 15) is 0 Å². The SMILES string of the molecule is CNc1cc(-c2ccc3ccccc3c2)n(C)n1. The molecule has 0 aliphatic carbocycles. The summed E-state index contributed by atoms with van der Waals surface area (Å²) in [7, 11) is 3.85. The average molecular weight is 237 g/mol. The Hall–Kier alpha value is -2.29. The van der Waals surface area contributed by atoms with E-state index >= 15 is 0 Å². The molecule has 0 amide bonds. The summed E-state index contributed by atoms with van der Waals surface area (Å²) >= 11 is 0. The van der Waals surface area contributed by atoms with E-state index in [0.29, 0.717) is 0 Å². The van der Waals surface area contributed by atoms with Gasteiger partial charge in [0.2, 0.25) is 0 Å². The normalized spacial score (nSPS) is 10.8. The van der Waals surface area contributed by atoms with Crippen molar-refractivity contribution in [2.24, 2.45) is 7.05 Å². The number of hydrogen-bond acceptors (Lipinski definition) is 2. The second-order valence-electron chi connectivity index (χ2n) is 4.35. The van der Waals surface area contributed by atoms with Crippen LogP contribution in [0.5, 0.6) is 0 Å². The van der Waals surface area contributed by atoms with Crippen LogP contribution >= 0.6 is 0 Å². The summed E-state index contributed by atoms with van der Waals surface area (Å²) in [6.07, 6.45) is 0. The van der Waals surface area contributed by atoms with E-state index in [1.165, 1.54) is 16.3 Å². The summed E-state index contributed by atoms with van der Waals surface area (Å²) in [5.74, 6) is 0.889. The highest BCUT2D eigenvalue weighted by molar-refractivity contribution is 5.87. The Morgan fingerprint density at radius 1 is 1.00 bits per heavy atom. The molecule has 1 aromatic heterocycles. The molecule has 3 nitrogen and oxygen atoms in total. The minimum atomic E-state index is 0.889. The predicted molar refractivity (Wildman–Crippen MR) is 75.7 cm³/mol. The van der Waals surface area contributed by atoms with Crippen LogP contribution in [0.2, 0.25) is 0 Å². The van der Waals surface area contributed by atoms with Gasteiger partial charge in [0.25, 0.3) is 0 Å². The van der Waals surface area contributed by atoms with Gasteiger partial charge in [-0.2, -0.15) is 5.10 Å². The second kappa shape index (κ2) is 4.18. The third-order valence-corrected chi connectivity index (χ3v) is 3.18. The predicted octanol–water partition coefficient (Wildman–Crippen LogP) is 3.28.